The third-order valence-electron chi connectivity index (χ3n) is 2.52. The molecule has 0 saturated heterocycles. The van der Waals surface area contributed by atoms with Gasteiger partial charge in [-0.2, -0.15) is 0 Å². The van der Waals surface area contributed by atoms with Crippen molar-refractivity contribution in [3.8, 4) is 0 Å². The number of benzene rings is 1. The highest BCUT2D eigenvalue weighted by atomic mass is 32.2. The van der Waals surface area contributed by atoms with Crippen LogP contribution in [0, 0.1) is 6.92 Å². The van der Waals surface area contributed by atoms with Crippen LogP contribution in [0.2, 0.25) is 0 Å². The molecule has 1 unspecified atom stereocenters. The molecule has 1 amide bonds. The molecule has 1 rings (SSSR count). The van der Waals surface area contributed by atoms with E-state index < -0.39 is 10.8 Å². The lowest BCUT2D eigenvalue weighted by atomic mass is 10.2. The number of carbonyl (C=O) groups excluding carboxylic acids is 1. The monoisotopic (exact) mass is 284 g/mol. The minimum Gasteiger partial charge on any atom is -0.398 e. The average Bonchev–Trinajstić information content (AvgIpc) is 2.34. The first-order chi connectivity index (χ1) is 9.04. The minimum absolute atomic E-state index is 0.0692. The number of nitrogens with two attached hydrogens (primary N) is 1. The first kappa shape index (κ1) is 15.7. The fraction of sp³-hybridized carbons (Fsp3) is 0.462. The highest BCUT2D eigenvalue weighted by molar-refractivity contribution is 7.86. The van der Waals surface area contributed by atoms with Crippen LogP contribution >= 0.6 is 0 Å². The number of nitrogens with one attached hydrogen (secondary N) is 1. The Kier molecular flexibility index (Phi) is 6.52. The van der Waals surface area contributed by atoms with E-state index >= 15 is 0 Å². The molecular weight excluding hydrogens is 264 g/mol. The predicted octanol–water partition coefficient (Wildman–Crippen LogP) is 0.838. The summed E-state index contributed by atoms with van der Waals surface area (Å²) in [6, 6.07) is 5.29. The molecule has 1 aromatic rings. The largest absolute Gasteiger partial charge is 0.398 e. The first-order valence-electron chi connectivity index (χ1n) is 6.04. The molecule has 106 valence electrons. The van der Waals surface area contributed by atoms with E-state index in [1.807, 2.05) is 13.0 Å². The Morgan fingerprint density at radius 1 is 1.47 bits per heavy atom. The number of amides is 1. The van der Waals surface area contributed by atoms with Crippen LogP contribution in [0.5, 0.6) is 0 Å². The van der Waals surface area contributed by atoms with Gasteiger partial charge in [0.1, 0.15) is 5.75 Å². The standard InChI is InChI=1S/C13H20N2O3S/c1-10-4-5-12(11(14)8-10)19(17)9-13(16)15-6-3-7-18-2/h4-5,8H,3,6-7,9,14H2,1-2H3,(H,15,16). The molecule has 0 bridgehead atoms. The number of hydrogen-bond donors (Lipinski definition) is 2. The normalized spacial score (nSPS) is 12.1. The maximum atomic E-state index is 12.0. The topological polar surface area (TPSA) is 81.4 Å². The second-order valence-corrected chi connectivity index (χ2v) is 5.65. The zero-order chi connectivity index (χ0) is 14.3. The lowest BCUT2D eigenvalue weighted by molar-refractivity contribution is -0.118. The van der Waals surface area contributed by atoms with Crippen molar-refractivity contribution in [3.63, 3.8) is 0 Å². The van der Waals surface area contributed by atoms with E-state index in [0.29, 0.717) is 23.7 Å². The Labute approximate surface area is 116 Å². The number of rotatable bonds is 7. The molecule has 0 radical (unpaired) electrons. The van der Waals surface area contributed by atoms with Gasteiger partial charge in [-0.15, -0.1) is 0 Å². The summed E-state index contributed by atoms with van der Waals surface area (Å²) in [7, 11) is 0.199. The van der Waals surface area contributed by atoms with E-state index in [2.05, 4.69) is 5.32 Å². The maximum Gasteiger partial charge on any atom is 0.233 e. The molecule has 0 spiro atoms. The molecule has 19 heavy (non-hydrogen) atoms. The molecule has 0 saturated carbocycles. The molecule has 0 aliphatic rings. The van der Waals surface area contributed by atoms with Gasteiger partial charge >= 0.3 is 0 Å². The van der Waals surface area contributed by atoms with Gasteiger partial charge in [-0.05, 0) is 31.0 Å². The van der Waals surface area contributed by atoms with Crippen molar-refractivity contribution < 1.29 is 13.7 Å². The lowest BCUT2D eigenvalue weighted by Gasteiger charge is -2.07. The van der Waals surface area contributed by atoms with Gasteiger partial charge in [0.05, 0.1) is 15.7 Å². The molecule has 1 atom stereocenters. The number of hydrogen-bond acceptors (Lipinski definition) is 4. The predicted molar refractivity (Wildman–Crippen MR) is 76.4 cm³/mol. The fourth-order valence-electron chi connectivity index (χ4n) is 1.57. The summed E-state index contributed by atoms with van der Waals surface area (Å²) in [5, 5.41) is 2.70. The third-order valence-corrected chi connectivity index (χ3v) is 3.91. The maximum absolute atomic E-state index is 12.0. The van der Waals surface area contributed by atoms with Gasteiger partial charge in [-0.25, -0.2) is 0 Å². The summed E-state index contributed by atoms with van der Waals surface area (Å²) in [4.78, 5) is 12.1. The second kappa shape index (κ2) is 7.91. The second-order valence-electron chi connectivity index (χ2n) is 4.23. The van der Waals surface area contributed by atoms with E-state index in [-0.39, 0.29) is 11.7 Å². The van der Waals surface area contributed by atoms with E-state index in [1.165, 1.54) is 0 Å². The molecule has 5 nitrogen and oxygen atoms in total. The van der Waals surface area contributed by atoms with Gasteiger partial charge < -0.3 is 15.8 Å². The number of methoxy groups -OCH3 is 1. The van der Waals surface area contributed by atoms with Crippen molar-refractivity contribution in [1.82, 2.24) is 5.32 Å². The molecule has 0 aliphatic heterocycles. The molecular formula is C13H20N2O3S. The summed E-state index contributed by atoms with van der Waals surface area (Å²) >= 11 is 0. The van der Waals surface area contributed by atoms with Crippen molar-refractivity contribution >= 4 is 22.4 Å². The Hall–Kier alpha value is -1.40. The zero-order valence-electron chi connectivity index (χ0n) is 11.3. The summed E-state index contributed by atoms with van der Waals surface area (Å²) in [5.74, 6) is -0.310. The first-order valence-corrected chi connectivity index (χ1v) is 7.36. The summed E-state index contributed by atoms with van der Waals surface area (Å²) < 4.78 is 16.9. The Balaban J connectivity index is 2.48. The zero-order valence-corrected chi connectivity index (χ0v) is 12.1. The highest BCUT2D eigenvalue weighted by Gasteiger charge is 2.12. The van der Waals surface area contributed by atoms with E-state index in [1.54, 1.807) is 19.2 Å². The minimum atomic E-state index is -1.41. The van der Waals surface area contributed by atoms with Crippen molar-refractivity contribution in [2.24, 2.45) is 0 Å². The summed E-state index contributed by atoms with van der Waals surface area (Å²) in [6.07, 6.45) is 0.738. The van der Waals surface area contributed by atoms with Gasteiger partial charge in [0.25, 0.3) is 0 Å². The molecule has 0 heterocycles. The Morgan fingerprint density at radius 2 is 2.21 bits per heavy atom. The molecule has 0 fully saturated rings. The molecule has 3 N–H and O–H groups in total. The number of aryl methyl sites for hydroxylation is 1. The average molecular weight is 284 g/mol. The van der Waals surface area contributed by atoms with Crippen LogP contribution in [0.3, 0.4) is 0 Å². The molecule has 0 aliphatic carbocycles. The highest BCUT2D eigenvalue weighted by Crippen LogP contribution is 2.17. The Bertz CT molecular complexity index is 463. The molecule has 0 aromatic heterocycles. The number of nitrogen functional groups attached to an aromatic ring is 1. The van der Waals surface area contributed by atoms with Gasteiger partial charge in [0.2, 0.25) is 5.91 Å². The van der Waals surface area contributed by atoms with Gasteiger partial charge in [0, 0.05) is 25.9 Å². The lowest BCUT2D eigenvalue weighted by Crippen LogP contribution is -2.29. The van der Waals surface area contributed by atoms with Crippen LogP contribution in [0.15, 0.2) is 23.1 Å². The SMILES string of the molecule is COCCCNC(=O)CS(=O)c1ccc(C)cc1N. The van der Waals surface area contributed by atoms with Crippen LogP contribution < -0.4 is 11.1 Å². The van der Waals surface area contributed by atoms with Crippen molar-refractivity contribution in [2.75, 3.05) is 31.7 Å². The fourth-order valence-corrected chi connectivity index (χ4v) is 2.60. The van der Waals surface area contributed by atoms with Crippen LogP contribution in [-0.4, -0.2) is 36.1 Å². The molecule has 6 heteroatoms. The van der Waals surface area contributed by atoms with E-state index in [9.17, 15) is 9.00 Å². The number of carbonyl (C=O) groups is 1. The van der Waals surface area contributed by atoms with Crippen molar-refractivity contribution in [2.45, 2.75) is 18.2 Å². The van der Waals surface area contributed by atoms with Crippen molar-refractivity contribution in [3.05, 3.63) is 23.8 Å². The van der Waals surface area contributed by atoms with Crippen molar-refractivity contribution in [1.29, 1.82) is 0 Å². The summed E-state index contributed by atoms with van der Waals surface area (Å²) in [5.41, 5.74) is 7.26. The van der Waals surface area contributed by atoms with Crippen LogP contribution in [0.4, 0.5) is 5.69 Å². The van der Waals surface area contributed by atoms with Crippen LogP contribution in [-0.2, 0) is 20.3 Å². The smallest absolute Gasteiger partial charge is 0.233 e. The van der Waals surface area contributed by atoms with E-state index in [4.69, 9.17) is 10.5 Å². The third kappa shape index (κ3) is 5.40. The van der Waals surface area contributed by atoms with Crippen LogP contribution in [0.1, 0.15) is 12.0 Å². The quantitative estimate of drug-likeness (QED) is 0.574. The Morgan fingerprint density at radius 3 is 2.84 bits per heavy atom. The van der Waals surface area contributed by atoms with E-state index in [0.717, 1.165) is 12.0 Å². The van der Waals surface area contributed by atoms with Gasteiger partial charge in [0.15, 0.2) is 0 Å². The summed E-state index contributed by atoms with van der Waals surface area (Å²) in [6.45, 7) is 3.02. The molecule has 1 aromatic carbocycles. The number of anilines is 1. The van der Waals surface area contributed by atoms with Gasteiger partial charge in [-0.1, -0.05) is 6.07 Å². The van der Waals surface area contributed by atoms with Gasteiger partial charge in [-0.3, -0.25) is 9.00 Å². The van der Waals surface area contributed by atoms with Crippen LogP contribution in [0.25, 0.3) is 0 Å². The number of ether oxygens (including phenoxy) is 1.